The Morgan fingerprint density at radius 2 is 1.95 bits per heavy atom. The lowest BCUT2D eigenvalue weighted by Gasteiger charge is -2.21. The highest BCUT2D eigenvalue weighted by molar-refractivity contribution is 5.94. The summed E-state index contributed by atoms with van der Waals surface area (Å²) in [6.07, 6.45) is 0.718. The van der Waals surface area contributed by atoms with Crippen molar-refractivity contribution in [1.82, 2.24) is 9.80 Å². The molecule has 0 saturated carbocycles. The number of nitrogens with zero attached hydrogens (tertiary/aromatic N) is 2. The van der Waals surface area contributed by atoms with Crippen molar-refractivity contribution in [1.29, 1.82) is 0 Å². The summed E-state index contributed by atoms with van der Waals surface area (Å²) in [6.45, 7) is 2.38. The Morgan fingerprint density at radius 1 is 1.19 bits per heavy atom. The lowest BCUT2D eigenvalue weighted by molar-refractivity contribution is -0.119. The van der Waals surface area contributed by atoms with E-state index in [-0.39, 0.29) is 29.6 Å². The van der Waals surface area contributed by atoms with Crippen LogP contribution in [0.2, 0.25) is 0 Å². The molecular weight excluding hydrogens is 275 g/mol. The minimum Gasteiger partial charge on any atom is -0.399 e. The molecule has 2 amide bonds. The molecule has 21 heavy (non-hydrogen) atoms. The molecule has 1 saturated heterocycles. The number of anilines is 1. The summed E-state index contributed by atoms with van der Waals surface area (Å²) in [4.78, 5) is 26.8. The Hall–Kier alpha value is -2.15. The van der Waals surface area contributed by atoms with Crippen LogP contribution in [0.5, 0.6) is 0 Å². The maximum atomic E-state index is 13.8. The minimum absolute atomic E-state index is 0.0209. The van der Waals surface area contributed by atoms with E-state index in [0.29, 0.717) is 26.2 Å². The molecule has 0 radical (unpaired) electrons. The molecule has 0 atom stereocenters. The van der Waals surface area contributed by atoms with Gasteiger partial charge in [0.25, 0.3) is 5.91 Å². The summed E-state index contributed by atoms with van der Waals surface area (Å²) in [6, 6.07) is 4.05. The molecule has 0 aromatic heterocycles. The zero-order chi connectivity index (χ0) is 15.4. The molecule has 7 heteroatoms. The van der Waals surface area contributed by atoms with Gasteiger partial charge in [-0.25, -0.2) is 4.39 Å². The van der Waals surface area contributed by atoms with Crippen molar-refractivity contribution in [3.8, 4) is 0 Å². The molecule has 1 fully saturated rings. The third-order valence-corrected chi connectivity index (χ3v) is 3.48. The zero-order valence-corrected chi connectivity index (χ0v) is 11.7. The van der Waals surface area contributed by atoms with Gasteiger partial charge in [0.05, 0.1) is 12.1 Å². The molecule has 1 aromatic carbocycles. The Morgan fingerprint density at radius 3 is 2.62 bits per heavy atom. The van der Waals surface area contributed by atoms with Crippen LogP contribution < -0.4 is 11.5 Å². The van der Waals surface area contributed by atoms with E-state index in [2.05, 4.69) is 0 Å². The molecule has 6 nitrogen and oxygen atoms in total. The van der Waals surface area contributed by atoms with E-state index in [1.807, 2.05) is 4.90 Å². The molecule has 1 heterocycles. The lowest BCUT2D eigenvalue weighted by Crippen LogP contribution is -2.38. The smallest absolute Gasteiger partial charge is 0.256 e. The molecule has 1 aliphatic rings. The van der Waals surface area contributed by atoms with Gasteiger partial charge >= 0.3 is 0 Å². The number of nitrogen functional groups attached to an aromatic ring is 1. The number of carbonyl (C=O) groups is 2. The number of hydrogen-bond acceptors (Lipinski definition) is 4. The van der Waals surface area contributed by atoms with Gasteiger partial charge in [-0.2, -0.15) is 0 Å². The number of nitrogens with two attached hydrogens (primary N) is 2. The average Bonchev–Trinajstić information content (AvgIpc) is 2.63. The van der Waals surface area contributed by atoms with Crippen molar-refractivity contribution in [3.05, 3.63) is 29.6 Å². The van der Waals surface area contributed by atoms with Gasteiger partial charge in [-0.05, 0) is 24.6 Å². The highest BCUT2D eigenvalue weighted by atomic mass is 19.1. The maximum absolute atomic E-state index is 13.8. The molecule has 1 aliphatic heterocycles. The van der Waals surface area contributed by atoms with Crippen molar-refractivity contribution in [3.63, 3.8) is 0 Å². The normalized spacial score (nSPS) is 16.5. The highest BCUT2D eigenvalue weighted by Crippen LogP contribution is 2.15. The van der Waals surface area contributed by atoms with Crippen molar-refractivity contribution in [2.75, 3.05) is 38.5 Å². The number of carbonyl (C=O) groups excluding carboxylic acids is 2. The van der Waals surface area contributed by atoms with E-state index in [1.54, 1.807) is 4.90 Å². The van der Waals surface area contributed by atoms with Crippen LogP contribution >= 0.6 is 0 Å². The number of amides is 2. The van der Waals surface area contributed by atoms with E-state index in [1.165, 1.54) is 12.1 Å². The summed E-state index contributed by atoms with van der Waals surface area (Å²) in [7, 11) is 0. The standard InChI is InChI=1S/C14H19FN4O2/c15-12-8-10(16)2-3-11(12)14(21)19-5-1-4-18(6-7-19)9-13(17)20/h2-3,8H,1,4-7,9,16H2,(H2,17,20). The van der Waals surface area contributed by atoms with E-state index in [9.17, 15) is 14.0 Å². The van der Waals surface area contributed by atoms with Crippen molar-refractivity contribution in [2.45, 2.75) is 6.42 Å². The monoisotopic (exact) mass is 294 g/mol. The number of hydrogen-bond donors (Lipinski definition) is 2. The SMILES string of the molecule is NC(=O)CN1CCCN(C(=O)c2ccc(N)cc2F)CC1. The highest BCUT2D eigenvalue weighted by Gasteiger charge is 2.22. The molecule has 2 rings (SSSR count). The molecule has 1 aromatic rings. The van der Waals surface area contributed by atoms with Crippen molar-refractivity contribution < 1.29 is 14.0 Å². The van der Waals surface area contributed by atoms with E-state index >= 15 is 0 Å². The fourth-order valence-electron chi connectivity index (χ4n) is 2.43. The second-order valence-electron chi connectivity index (χ2n) is 5.13. The first-order chi connectivity index (χ1) is 9.97. The van der Waals surface area contributed by atoms with Gasteiger partial charge in [0.2, 0.25) is 5.91 Å². The Balaban J connectivity index is 2.04. The number of rotatable bonds is 3. The first kappa shape index (κ1) is 15.2. The average molecular weight is 294 g/mol. The molecular formula is C14H19FN4O2. The molecule has 4 N–H and O–H groups in total. The second kappa shape index (κ2) is 6.53. The predicted octanol–water partition coefficient (Wildman–Crippen LogP) is 0.0411. The van der Waals surface area contributed by atoms with Crippen LogP contribution in [-0.2, 0) is 4.79 Å². The predicted molar refractivity (Wildman–Crippen MR) is 77.0 cm³/mol. The van der Waals surface area contributed by atoms with Crippen molar-refractivity contribution >= 4 is 17.5 Å². The summed E-state index contributed by atoms with van der Waals surface area (Å²) in [5.74, 6) is -1.36. The lowest BCUT2D eigenvalue weighted by atomic mass is 10.1. The van der Waals surface area contributed by atoms with Crippen LogP contribution in [0.3, 0.4) is 0 Å². The Kier molecular flexibility index (Phi) is 4.74. The van der Waals surface area contributed by atoms with E-state index < -0.39 is 5.82 Å². The van der Waals surface area contributed by atoms with Gasteiger partial charge in [-0.1, -0.05) is 0 Å². The van der Waals surface area contributed by atoms with Crippen LogP contribution in [0.1, 0.15) is 16.8 Å². The molecule has 0 spiro atoms. The largest absolute Gasteiger partial charge is 0.399 e. The number of halogens is 1. The maximum Gasteiger partial charge on any atom is 0.256 e. The van der Waals surface area contributed by atoms with Crippen LogP contribution in [-0.4, -0.2) is 54.3 Å². The Bertz CT molecular complexity index is 550. The van der Waals surface area contributed by atoms with Crippen LogP contribution in [0.25, 0.3) is 0 Å². The first-order valence-corrected chi connectivity index (χ1v) is 6.82. The van der Waals surface area contributed by atoms with Gasteiger partial charge in [0, 0.05) is 31.9 Å². The van der Waals surface area contributed by atoms with Crippen LogP contribution in [0, 0.1) is 5.82 Å². The van der Waals surface area contributed by atoms with Gasteiger partial charge in [-0.3, -0.25) is 14.5 Å². The third-order valence-electron chi connectivity index (χ3n) is 3.48. The summed E-state index contributed by atoms with van der Waals surface area (Å²) < 4.78 is 13.8. The molecule has 0 unspecified atom stereocenters. The quantitative estimate of drug-likeness (QED) is 0.770. The number of benzene rings is 1. The van der Waals surface area contributed by atoms with E-state index in [4.69, 9.17) is 11.5 Å². The van der Waals surface area contributed by atoms with Gasteiger partial charge in [0.15, 0.2) is 0 Å². The van der Waals surface area contributed by atoms with Gasteiger partial charge in [-0.15, -0.1) is 0 Å². The molecule has 0 bridgehead atoms. The summed E-state index contributed by atoms with van der Waals surface area (Å²) >= 11 is 0. The van der Waals surface area contributed by atoms with Gasteiger partial charge in [0.1, 0.15) is 5.82 Å². The topological polar surface area (TPSA) is 92.7 Å². The molecule has 0 aliphatic carbocycles. The Labute approximate surface area is 122 Å². The molecule has 114 valence electrons. The zero-order valence-electron chi connectivity index (χ0n) is 11.7. The third kappa shape index (κ3) is 3.91. The van der Waals surface area contributed by atoms with Crippen LogP contribution in [0.4, 0.5) is 10.1 Å². The number of primary amides is 1. The van der Waals surface area contributed by atoms with Crippen LogP contribution in [0.15, 0.2) is 18.2 Å². The second-order valence-corrected chi connectivity index (χ2v) is 5.13. The van der Waals surface area contributed by atoms with E-state index in [0.717, 1.165) is 12.5 Å². The summed E-state index contributed by atoms with van der Waals surface area (Å²) in [5, 5.41) is 0. The fraction of sp³-hybridized carbons (Fsp3) is 0.429. The minimum atomic E-state index is -0.613. The van der Waals surface area contributed by atoms with Crippen molar-refractivity contribution in [2.24, 2.45) is 5.73 Å². The summed E-state index contributed by atoms with van der Waals surface area (Å²) in [5.41, 5.74) is 11.0. The first-order valence-electron chi connectivity index (χ1n) is 6.82. The fourth-order valence-corrected chi connectivity index (χ4v) is 2.43. The van der Waals surface area contributed by atoms with Gasteiger partial charge < -0.3 is 16.4 Å².